The van der Waals surface area contributed by atoms with Crippen molar-refractivity contribution in [1.29, 1.82) is 0 Å². The lowest BCUT2D eigenvalue weighted by atomic mass is 9.86. The van der Waals surface area contributed by atoms with Gasteiger partial charge in [0.25, 0.3) is 10.0 Å². The number of fused-ring (bicyclic) bond motifs is 1. The van der Waals surface area contributed by atoms with Crippen LogP contribution in [0.2, 0.25) is 0 Å². The Labute approximate surface area is 155 Å². The highest BCUT2D eigenvalue weighted by Gasteiger charge is 2.26. The number of nitrogens with one attached hydrogen (secondary N) is 1. The number of hydrogen-bond donors (Lipinski definition) is 1. The van der Waals surface area contributed by atoms with Gasteiger partial charge in [-0.05, 0) is 47.2 Å². The van der Waals surface area contributed by atoms with E-state index in [0.717, 1.165) is 16.8 Å². The first-order valence-corrected chi connectivity index (χ1v) is 10.1. The summed E-state index contributed by atoms with van der Waals surface area (Å²) in [5.74, 6) is -0.0309. The third-order valence-electron chi connectivity index (χ3n) is 4.62. The SMILES string of the molecule is CC(=O)N1CCc2cc(S(=O)(=O)Nc3ccccc3C(C)(C)C)ccc21. The molecule has 138 valence electrons. The van der Waals surface area contributed by atoms with E-state index in [1.165, 1.54) is 6.92 Å². The highest BCUT2D eigenvalue weighted by molar-refractivity contribution is 7.92. The van der Waals surface area contributed by atoms with Crippen LogP contribution in [-0.2, 0) is 26.7 Å². The summed E-state index contributed by atoms with van der Waals surface area (Å²) in [4.78, 5) is 13.5. The molecule has 1 N–H and O–H groups in total. The van der Waals surface area contributed by atoms with Gasteiger partial charge in [-0.1, -0.05) is 39.0 Å². The van der Waals surface area contributed by atoms with Crippen molar-refractivity contribution in [2.75, 3.05) is 16.2 Å². The fourth-order valence-electron chi connectivity index (χ4n) is 3.30. The van der Waals surface area contributed by atoms with Gasteiger partial charge in [-0.15, -0.1) is 0 Å². The van der Waals surface area contributed by atoms with E-state index in [1.807, 2.05) is 39.0 Å². The lowest BCUT2D eigenvalue weighted by molar-refractivity contribution is -0.116. The highest BCUT2D eigenvalue weighted by atomic mass is 32.2. The molecule has 0 saturated carbocycles. The van der Waals surface area contributed by atoms with Gasteiger partial charge in [0.2, 0.25) is 5.91 Å². The maximum Gasteiger partial charge on any atom is 0.261 e. The number of anilines is 2. The molecule has 0 saturated heterocycles. The summed E-state index contributed by atoms with van der Waals surface area (Å²) in [6, 6.07) is 12.4. The number of carbonyl (C=O) groups excluding carboxylic acids is 1. The Morgan fingerprint density at radius 2 is 1.81 bits per heavy atom. The van der Waals surface area contributed by atoms with Gasteiger partial charge in [0.1, 0.15) is 0 Å². The predicted molar refractivity (Wildman–Crippen MR) is 104 cm³/mol. The molecular formula is C20H24N2O3S. The average molecular weight is 372 g/mol. The van der Waals surface area contributed by atoms with Crippen molar-refractivity contribution in [3.63, 3.8) is 0 Å². The molecule has 0 fully saturated rings. The molecule has 1 heterocycles. The van der Waals surface area contributed by atoms with Gasteiger partial charge in [0.15, 0.2) is 0 Å². The molecule has 1 amide bonds. The Hall–Kier alpha value is -2.34. The molecule has 5 nitrogen and oxygen atoms in total. The molecule has 3 rings (SSSR count). The molecule has 1 aliphatic heterocycles. The third-order valence-corrected chi connectivity index (χ3v) is 5.98. The second-order valence-electron chi connectivity index (χ2n) is 7.61. The summed E-state index contributed by atoms with van der Waals surface area (Å²) >= 11 is 0. The molecule has 0 aliphatic carbocycles. The van der Waals surface area contributed by atoms with Crippen LogP contribution in [0.5, 0.6) is 0 Å². The monoisotopic (exact) mass is 372 g/mol. The fourth-order valence-corrected chi connectivity index (χ4v) is 4.43. The van der Waals surface area contributed by atoms with Crippen LogP contribution in [0.4, 0.5) is 11.4 Å². The van der Waals surface area contributed by atoms with Crippen molar-refractivity contribution >= 4 is 27.3 Å². The molecule has 0 radical (unpaired) electrons. The smallest absolute Gasteiger partial charge is 0.261 e. The Morgan fingerprint density at radius 1 is 1.12 bits per heavy atom. The van der Waals surface area contributed by atoms with Gasteiger partial charge < -0.3 is 4.90 Å². The molecule has 1 aliphatic rings. The number of nitrogens with zero attached hydrogens (tertiary/aromatic N) is 1. The zero-order valence-corrected chi connectivity index (χ0v) is 16.4. The van der Waals surface area contributed by atoms with Gasteiger partial charge in [-0.2, -0.15) is 0 Å². The van der Waals surface area contributed by atoms with Gasteiger partial charge in [0.05, 0.1) is 10.6 Å². The van der Waals surface area contributed by atoms with Gasteiger partial charge in [0, 0.05) is 19.2 Å². The quantitative estimate of drug-likeness (QED) is 0.893. The van der Waals surface area contributed by atoms with E-state index in [4.69, 9.17) is 0 Å². The Kier molecular flexibility index (Phi) is 4.56. The highest BCUT2D eigenvalue weighted by Crippen LogP contribution is 2.33. The van der Waals surface area contributed by atoms with Crippen LogP contribution in [0.3, 0.4) is 0 Å². The Bertz CT molecular complexity index is 959. The molecule has 26 heavy (non-hydrogen) atoms. The summed E-state index contributed by atoms with van der Waals surface area (Å²) < 4.78 is 28.5. The zero-order valence-electron chi connectivity index (χ0n) is 15.5. The number of carbonyl (C=O) groups is 1. The summed E-state index contributed by atoms with van der Waals surface area (Å²) in [5, 5.41) is 0. The lowest BCUT2D eigenvalue weighted by Crippen LogP contribution is -2.25. The van der Waals surface area contributed by atoms with Crippen molar-refractivity contribution < 1.29 is 13.2 Å². The van der Waals surface area contributed by atoms with Crippen LogP contribution < -0.4 is 9.62 Å². The number of rotatable bonds is 3. The maximum atomic E-state index is 12.9. The van der Waals surface area contributed by atoms with Crippen molar-refractivity contribution in [3.8, 4) is 0 Å². The minimum atomic E-state index is -3.71. The molecule has 0 bridgehead atoms. The van der Waals surface area contributed by atoms with Crippen molar-refractivity contribution in [2.45, 2.75) is 44.4 Å². The van der Waals surface area contributed by atoms with Crippen LogP contribution in [0.15, 0.2) is 47.4 Å². The van der Waals surface area contributed by atoms with E-state index in [2.05, 4.69) is 4.72 Å². The van der Waals surface area contributed by atoms with Crippen LogP contribution in [0, 0.1) is 0 Å². The van der Waals surface area contributed by atoms with Crippen LogP contribution in [0.1, 0.15) is 38.8 Å². The lowest BCUT2D eigenvalue weighted by Gasteiger charge is -2.23. The number of hydrogen-bond acceptors (Lipinski definition) is 3. The summed E-state index contributed by atoms with van der Waals surface area (Å²) in [5.41, 5.74) is 3.02. The molecular weight excluding hydrogens is 348 g/mol. The average Bonchev–Trinajstić information content (AvgIpc) is 2.97. The van der Waals surface area contributed by atoms with Gasteiger partial charge >= 0.3 is 0 Å². The molecule has 0 unspecified atom stereocenters. The summed E-state index contributed by atoms with van der Waals surface area (Å²) in [7, 11) is -3.71. The largest absolute Gasteiger partial charge is 0.312 e. The van der Waals surface area contributed by atoms with Crippen molar-refractivity contribution in [2.24, 2.45) is 0 Å². The zero-order chi connectivity index (χ0) is 19.1. The Balaban J connectivity index is 1.95. The number of amides is 1. The normalized spacial score (nSPS) is 14.2. The fraction of sp³-hybridized carbons (Fsp3) is 0.350. The second kappa shape index (κ2) is 6.43. The molecule has 0 spiro atoms. The van der Waals surface area contributed by atoms with Gasteiger partial charge in [-0.3, -0.25) is 9.52 Å². The first-order chi connectivity index (χ1) is 12.1. The minimum absolute atomic E-state index is 0.0309. The van der Waals surface area contributed by atoms with Crippen molar-refractivity contribution in [3.05, 3.63) is 53.6 Å². The first kappa shape index (κ1) is 18.5. The van der Waals surface area contributed by atoms with E-state index < -0.39 is 10.0 Å². The Morgan fingerprint density at radius 3 is 2.46 bits per heavy atom. The first-order valence-electron chi connectivity index (χ1n) is 8.63. The van der Waals surface area contributed by atoms with Crippen molar-refractivity contribution in [1.82, 2.24) is 0 Å². The number of sulfonamides is 1. The van der Waals surface area contributed by atoms with E-state index in [1.54, 1.807) is 29.2 Å². The molecule has 2 aromatic carbocycles. The predicted octanol–water partition coefficient (Wildman–Crippen LogP) is 3.69. The maximum absolute atomic E-state index is 12.9. The number of para-hydroxylation sites is 1. The third kappa shape index (κ3) is 3.46. The molecule has 6 heteroatoms. The summed E-state index contributed by atoms with van der Waals surface area (Å²) in [6.07, 6.45) is 0.664. The number of benzene rings is 2. The minimum Gasteiger partial charge on any atom is -0.312 e. The van der Waals surface area contributed by atoms with E-state index in [0.29, 0.717) is 18.7 Å². The second-order valence-corrected chi connectivity index (χ2v) is 9.29. The topological polar surface area (TPSA) is 66.5 Å². The van der Waals surface area contributed by atoms with Crippen LogP contribution in [-0.4, -0.2) is 20.9 Å². The van der Waals surface area contributed by atoms with E-state index >= 15 is 0 Å². The molecule has 0 aromatic heterocycles. The standard InChI is InChI=1S/C20H24N2O3S/c1-14(23)22-12-11-15-13-16(9-10-19(15)22)26(24,25)21-18-8-6-5-7-17(18)20(2,3)4/h5-10,13,21H,11-12H2,1-4H3. The molecule has 0 atom stereocenters. The van der Waals surface area contributed by atoms with Crippen LogP contribution >= 0.6 is 0 Å². The summed E-state index contributed by atoms with van der Waals surface area (Å²) in [6.45, 7) is 8.25. The van der Waals surface area contributed by atoms with Gasteiger partial charge in [-0.25, -0.2) is 8.42 Å². The van der Waals surface area contributed by atoms with E-state index in [9.17, 15) is 13.2 Å². The van der Waals surface area contributed by atoms with E-state index in [-0.39, 0.29) is 16.2 Å². The van der Waals surface area contributed by atoms with Crippen LogP contribution in [0.25, 0.3) is 0 Å². The molecule has 2 aromatic rings.